The molecule has 0 atom stereocenters. The van der Waals surface area contributed by atoms with E-state index in [4.69, 9.17) is 0 Å². The number of hydrogen-bond acceptors (Lipinski definition) is 3. The molecule has 0 aliphatic heterocycles. The number of fused-ring (bicyclic) bond motifs is 3. The number of rotatable bonds is 4. The summed E-state index contributed by atoms with van der Waals surface area (Å²) in [6.45, 7) is 5.10. The molecule has 30 heavy (non-hydrogen) atoms. The highest BCUT2D eigenvalue weighted by Crippen LogP contribution is 2.43. The lowest BCUT2D eigenvalue weighted by Gasteiger charge is -2.31. The Kier molecular flexibility index (Phi) is 5.49. The molecule has 1 fully saturated rings. The molecule has 1 amide bonds. The van der Waals surface area contributed by atoms with Crippen molar-refractivity contribution in [2.45, 2.75) is 63.3 Å². The van der Waals surface area contributed by atoms with Gasteiger partial charge in [-0.05, 0) is 68.7 Å². The molecule has 0 aromatic heterocycles. The molecular weight excluding hydrogens is 396 g/mol. The predicted octanol–water partition coefficient (Wildman–Crippen LogP) is 4.15. The Morgan fingerprint density at radius 2 is 1.37 bits per heavy atom. The van der Waals surface area contributed by atoms with Gasteiger partial charge in [-0.1, -0.05) is 48.5 Å². The molecule has 2 aliphatic carbocycles. The van der Waals surface area contributed by atoms with Crippen molar-refractivity contribution in [3.8, 4) is 11.1 Å². The molecule has 5 nitrogen and oxygen atoms in total. The number of amides is 1. The normalized spacial score (nSPS) is 21.7. The smallest absolute Gasteiger partial charge is 0.223 e. The monoisotopic (exact) mass is 426 g/mol. The van der Waals surface area contributed by atoms with E-state index in [9.17, 15) is 13.2 Å². The van der Waals surface area contributed by atoms with E-state index in [1.807, 2.05) is 24.3 Å². The fourth-order valence-electron chi connectivity index (χ4n) is 4.44. The number of nitrogens with one attached hydrogen (secondary N) is 2. The summed E-state index contributed by atoms with van der Waals surface area (Å²) in [6.07, 6.45) is 2.76. The van der Waals surface area contributed by atoms with Gasteiger partial charge in [0.25, 0.3) is 0 Å². The molecular formula is C24H30N2O3S. The molecule has 0 saturated heterocycles. The van der Waals surface area contributed by atoms with Crippen LogP contribution in [0.25, 0.3) is 11.1 Å². The minimum atomic E-state index is -3.37. The van der Waals surface area contributed by atoms with Crippen LogP contribution in [0.5, 0.6) is 0 Å². The van der Waals surface area contributed by atoms with E-state index >= 15 is 0 Å². The van der Waals surface area contributed by atoms with E-state index in [1.165, 1.54) is 11.1 Å². The predicted molar refractivity (Wildman–Crippen MR) is 119 cm³/mol. The van der Waals surface area contributed by atoms with Gasteiger partial charge in [0.15, 0.2) is 0 Å². The highest BCUT2D eigenvalue weighted by Gasteiger charge is 2.35. The van der Waals surface area contributed by atoms with Gasteiger partial charge in [0.05, 0.1) is 10.8 Å². The van der Waals surface area contributed by atoms with Crippen LogP contribution in [0.1, 0.15) is 63.6 Å². The van der Waals surface area contributed by atoms with Crippen molar-refractivity contribution >= 4 is 15.9 Å². The zero-order chi connectivity index (χ0) is 21.5. The zero-order valence-electron chi connectivity index (χ0n) is 17.8. The van der Waals surface area contributed by atoms with Crippen LogP contribution in [0.15, 0.2) is 48.5 Å². The first kappa shape index (κ1) is 21.1. The summed E-state index contributed by atoms with van der Waals surface area (Å²) in [6, 6.07) is 16.2. The van der Waals surface area contributed by atoms with Crippen molar-refractivity contribution < 1.29 is 13.2 Å². The molecule has 2 aromatic carbocycles. The standard InChI is InChI=1S/C24H30N2O3S/c1-24(2,3)30(28,29)26-17-14-12-16(13-15-17)23(27)25-22-20-10-6-4-8-18(20)19-9-5-7-11-21(19)22/h4-11,16-17,22,26H,12-15H2,1-3H3,(H,25,27)/t16-,17-. The molecule has 0 heterocycles. The molecule has 0 bridgehead atoms. The maximum atomic E-state index is 13.1. The van der Waals surface area contributed by atoms with Gasteiger partial charge < -0.3 is 5.32 Å². The second-order valence-electron chi connectivity index (χ2n) is 9.40. The molecule has 1 saturated carbocycles. The van der Waals surface area contributed by atoms with Crippen molar-refractivity contribution in [3.63, 3.8) is 0 Å². The molecule has 4 rings (SSSR count). The third-order valence-corrected chi connectivity index (χ3v) is 8.60. The summed E-state index contributed by atoms with van der Waals surface area (Å²) in [4.78, 5) is 13.1. The van der Waals surface area contributed by atoms with Gasteiger partial charge in [0.2, 0.25) is 15.9 Å². The fourth-order valence-corrected chi connectivity index (χ4v) is 5.47. The SMILES string of the molecule is CC(C)(C)S(=O)(=O)N[C@H]1CC[C@H](C(=O)NC2c3ccccc3-c3ccccc32)CC1. The Morgan fingerprint density at radius 3 is 1.87 bits per heavy atom. The third kappa shape index (κ3) is 3.91. The van der Waals surface area contributed by atoms with Crippen LogP contribution in [0.4, 0.5) is 0 Å². The fraction of sp³-hybridized carbons (Fsp3) is 0.458. The Bertz CT molecular complexity index is 1000. The van der Waals surface area contributed by atoms with E-state index in [2.05, 4.69) is 34.3 Å². The van der Waals surface area contributed by atoms with Crippen molar-refractivity contribution in [3.05, 3.63) is 59.7 Å². The molecule has 160 valence electrons. The van der Waals surface area contributed by atoms with Crippen molar-refractivity contribution in [2.75, 3.05) is 0 Å². The second-order valence-corrected chi connectivity index (χ2v) is 11.9. The second kappa shape index (κ2) is 7.82. The Labute approximate surface area is 179 Å². The quantitative estimate of drug-likeness (QED) is 0.771. The summed E-state index contributed by atoms with van der Waals surface area (Å²) in [5.41, 5.74) is 4.63. The zero-order valence-corrected chi connectivity index (χ0v) is 18.6. The average molecular weight is 427 g/mol. The highest BCUT2D eigenvalue weighted by atomic mass is 32.2. The average Bonchev–Trinajstić information content (AvgIpc) is 3.02. The van der Waals surface area contributed by atoms with E-state index < -0.39 is 14.8 Å². The van der Waals surface area contributed by atoms with Gasteiger partial charge in [-0.2, -0.15) is 0 Å². The molecule has 0 unspecified atom stereocenters. The van der Waals surface area contributed by atoms with Crippen LogP contribution in [-0.4, -0.2) is 25.1 Å². The van der Waals surface area contributed by atoms with E-state index in [0.717, 1.165) is 11.1 Å². The van der Waals surface area contributed by atoms with Crippen LogP contribution in [0, 0.1) is 5.92 Å². The van der Waals surface area contributed by atoms with Crippen molar-refractivity contribution in [1.29, 1.82) is 0 Å². The molecule has 6 heteroatoms. The number of carbonyl (C=O) groups excluding carboxylic acids is 1. The van der Waals surface area contributed by atoms with E-state index in [0.29, 0.717) is 25.7 Å². The van der Waals surface area contributed by atoms with Crippen LogP contribution in [0.2, 0.25) is 0 Å². The summed E-state index contributed by atoms with van der Waals surface area (Å²) < 4.78 is 26.8. The lowest BCUT2D eigenvalue weighted by molar-refractivity contribution is -0.126. The van der Waals surface area contributed by atoms with Crippen molar-refractivity contribution in [1.82, 2.24) is 10.0 Å². The maximum absolute atomic E-state index is 13.1. The lowest BCUT2D eigenvalue weighted by atomic mass is 9.85. The van der Waals surface area contributed by atoms with Crippen LogP contribution in [-0.2, 0) is 14.8 Å². The summed E-state index contributed by atoms with van der Waals surface area (Å²) in [7, 11) is -3.37. The van der Waals surface area contributed by atoms with Crippen LogP contribution in [0.3, 0.4) is 0 Å². The largest absolute Gasteiger partial charge is 0.345 e. The van der Waals surface area contributed by atoms with Crippen LogP contribution < -0.4 is 10.0 Å². The highest BCUT2D eigenvalue weighted by molar-refractivity contribution is 7.90. The molecule has 0 spiro atoms. The van der Waals surface area contributed by atoms with Gasteiger partial charge in [-0.25, -0.2) is 13.1 Å². The van der Waals surface area contributed by atoms with Crippen molar-refractivity contribution in [2.24, 2.45) is 5.92 Å². The van der Waals surface area contributed by atoms with Gasteiger partial charge in [-0.3, -0.25) is 4.79 Å². The molecule has 2 aromatic rings. The lowest BCUT2D eigenvalue weighted by Crippen LogP contribution is -2.47. The van der Waals surface area contributed by atoms with E-state index in [1.54, 1.807) is 20.8 Å². The number of benzene rings is 2. The summed E-state index contributed by atoms with van der Waals surface area (Å²) >= 11 is 0. The molecule has 2 N–H and O–H groups in total. The van der Waals surface area contributed by atoms with Gasteiger partial charge in [0.1, 0.15) is 0 Å². The Hall–Kier alpha value is -2.18. The molecule has 2 aliphatic rings. The molecule has 0 radical (unpaired) electrons. The third-order valence-electron chi connectivity index (χ3n) is 6.35. The van der Waals surface area contributed by atoms with E-state index in [-0.39, 0.29) is 23.9 Å². The Balaban J connectivity index is 1.42. The summed E-state index contributed by atoms with van der Waals surface area (Å²) in [5.74, 6) is -0.0241. The number of hydrogen-bond donors (Lipinski definition) is 2. The van der Waals surface area contributed by atoms with Gasteiger partial charge in [-0.15, -0.1) is 0 Å². The first-order valence-electron chi connectivity index (χ1n) is 10.7. The number of carbonyl (C=O) groups is 1. The Morgan fingerprint density at radius 1 is 0.867 bits per heavy atom. The van der Waals surface area contributed by atoms with Gasteiger partial charge >= 0.3 is 0 Å². The first-order chi connectivity index (χ1) is 14.2. The topological polar surface area (TPSA) is 75.3 Å². The minimum Gasteiger partial charge on any atom is -0.345 e. The number of sulfonamides is 1. The minimum absolute atomic E-state index is 0.0589. The van der Waals surface area contributed by atoms with Crippen LogP contribution >= 0.6 is 0 Å². The summed E-state index contributed by atoms with van der Waals surface area (Å²) in [5, 5.41) is 3.27. The first-order valence-corrected chi connectivity index (χ1v) is 12.2. The maximum Gasteiger partial charge on any atom is 0.223 e. The van der Waals surface area contributed by atoms with Gasteiger partial charge in [0, 0.05) is 12.0 Å².